The zero-order valence-electron chi connectivity index (χ0n) is 26.8. The SMILES string of the molecule is COc1cc(C(=O)NC[C@]2(c3cc(C(C)(C)O)c(F)c(-c4ccc(F)cc4)n3)C[C@H](OCCCC(F)(F)F)CO2)cc2cc(C)nnc12. The van der Waals surface area contributed by atoms with Crippen molar-refractivity contribution in [1.82, 2.24) is 20.5 Å². The third kappa shape index (κ3) is 7.88. The first-order chi connectivity index (χ1) is 22.6. The molecule has 3 heterocycles. The van der Waals surface area contributed by atoms with Crippen LogP contribution in [-0.2, 0) is 20.7 Å². The van der Waals surface area contributed by atoms with Gasteiger partial charge in [0.15, 0.2) is 5.82 Å². The number of benzene rings is 2. The van der Waals surface area contributed by atoms with Gasteiger partial charge in [-0.1, -0.05) is 0 Å². The molecule has 48 heavy (non-hydrogen) atoms. The van der Waals surface area contributed by atoms with Gasteiger partial charge in [-0.05, 0) is 75.7 Å². The lowest BCUT2D eigenvalue weighted by molar-refractivity contribution is -0.138. The van der Waals surface area contributed by atoms with Gasteiger partial charge in [0.25, 0.3) is 5.91 Å². The minimum Gasteiger partial charge on any atom is -0.494 e. The molecule has 0 unspecified atom stereocenters. The fourth-order valence-electron chi connectivity index (χ4n) is 5.61. The number of rotatable bonds is 11. The summed E-state index contributed by atoms with van der Waals surface area (Å²) in [4.78, 5) is 18.2. The summed E-state index contributed by atoms with van der Waals surface area (Å²) in [5.74, 6) is -1.58. The molecule has 2 aromatic carbocycles. The number of ether oxygens (including phenoxy) is 3. The van der Waals surface area contributed by atoms with Crippen LogP contribution in [-0.4, -0.2) is 65.3 Å². The van der Waals surface area contributed by atoms with E-state index in [2.05, 4.69) is 20.5 Å². The van der Waals surface area contributed by atoms with Gasteiger partial charge in [-0.3, -0.25) is 4.79 Å². The number of aryl methyl sites for hydroxylation is 1. The number of methoxy groups -OCH3 is 1. The smallest absolute Gasteiger partial charge is 0.389 e. The molecule has 0 aliphatic carbocycles. The van der Waals surface area contributed by atoms with E-state index in [0.717, 1.165) is 12.1 Å². The Labute approximate surface area is 273 Å². The van der Waals surface area contributed by atoms with Crippen molar-refractivity contribution in [2.24, 2.45) is 0 Å². The highest BCUT2D eigenvalue weighted by Crippen LogP contribution is 2.40. The maximum absolute atomic E-state index is 15.9. The maximum atomic E-state index is 15.9. The Morgan fingerprint density at radius 1 is 1.10 bits per heavy atom. The number of hydrogen-bond acceptors (Lipinski definition) is 8. The predicted octanol–water partition coefficient (Wildman–Crippen LogP) is 6.29. The molecule has 5 rings (SSSR count). The van der Waals surface area contributed by atoms with E-state index >= 15 is 4.39 Å². The average molecular weight is 675 g/mol. The van der Waals surface area contributed by atoms with Gasteiger partial charge in [0.1, 0.15) is 28.4 Å². The minimum absolute atomic E-state index is 0.0297. The number of nitrogens with zero attached hydrogens (tertiary/aromatic N) is 3. The molecule has 1 saturated heterocycles. The molecule has 0 radical (unpaired) electrons. The van der Waals surface area contributed by atoms with Crippen molar-refractivity contribution in [2.75, 3.05) is 26.9 Å². The summed E-state index contributed by atoms with van der Waals surface area (Å²) in [6.07, 6.45) is -6.27. The lowest BCUT2D eigenvalue weighted by Gasteiger charge is -2.31. The van der Waals surface area contributed by atoms with Crippen LogP contribution in [0.5, 0.6) is 5.75 Å². The normalized spacial score (nSPS) is 18.3. The molecule has 256 valence electrons. The standard InChI is InChI=1S/C34H35F5N4O5/c1-19-12-21-13-22(14-26(46-4)29(21)43-42-19)31(44)40-18-33(16-24(17-48-33)47-11-5-10-34(37,38)39)27-15-25(32(2,3)45)28(36)30(41-27)20-6-8-23(35)9-7-20/h6-9,12-15,24,45H,5,10-11,16-18H2,1-4H3,(H,40,44)/t24-,33-/m0/s1. The van der Waals surface area contributed by atoms with Crippen molar-refractivity contribution in [1.29, 1.82) is 0 Å². The summed E-state index contributed by atoms with van der Waals surface area (Å²) >= 11 is 0. The monoisotopic (exact) mass is 674 g/mol. The highest BCUT2D eigenvalue weighted by molar-refractivity contribution is 5.99. The Bertz CT molecular complexity index is 1800. The Morgan fingerprint density at radius 2 is 1.83 bits per heavy atom. The number of alkyl halides is 3. The summed E-state index contributed by atoms with van der Waals surface area (Å²) in [6.45, 7) is 4.06. The van der Waals surface area contributed by atoms with E-state index in [1.807, 2.05) is 0 Å². The topological polar surface area (TPSA) is 116 Å². The molecule has 0 saturated carbocycles. The maximum Gasteiger partial charge on any atom is 0.389 e. The number of aromatic nitrogens is 3. The molecular formula is C34H35F5N4O5. The second-order valence-electron chi connectivity index (χ2n) is 12.3. The van der Waals surface area contributed by atoms with E-state index in [0.29, 0.717) is 22.3 Å². The van der Waals surface area contributed by atoms with Crippen LogP contribution >= 0.6 is 0 Å². The Balaban J connectivity index is 1.52. The van der Waals surface area contributed by atoms with E-state index in [9.17, 15) is 27.5 Å². The van der Waals surface area contributed by atoms with Crippen molar-refractivity contribution in [3.63, 3.8) is 0 Å². The summed E-state index contributed by atoms with van der Waals surface area (Å²) in [7, 11) is 1.44. The minimum atomic E-state index is -4.33. The third-order valence-electron chi connectivity index (χ3n) is 8.06. The fraction of sp³-hybridized carbons (Fsp3) is 0.412. The Hall–Kier alpha value is -4.27. The van der Waals surface area contributed by atoms with Crippen molar-refractivity contribution in [3.05, 3.63) is 82.7 Å². The molecular weight excluding hydrogens is 639 g/mol. The highest BCUT2D eigenvalue weighted by Gasteiger charge is 2.45. The number of carbonyl (C=O) groups is 1. The van der Waals surface area contributed by atoms with Crippen LogP contribution in [0.4, 0.5) is 22.0 Å². The van der Waals surface area contributed by atoms with Crippen LogP contribution in [0.3, 0.4) is 0 Å². The number of hydrogen-bond donors (Lipinski definition) is 2. The van der Waals surface area contributed by atoms with Crippen LogP contribution in [0, 0.1) is 18.6 Å². The third-order valence-corrected chi connectivity index (χ3v) is 8.06. The molecule has 2 N–H and O–H groups in total. The van der Waals surface area contributed by atoms with Crippen molar-refractivity contribution in [2.45, 2.75) is 63.5 Å². The second-order valence-corrected chi connectivity index (χ2v) is 12.3. The van der Waals surface area contributed by atoms with Crippen LogP contribution in [0.25, 0.3) is 22.2 Å². The van der Waals surface area contributed by atoms with E-state index < -0.39 is 47.4 Å². The molecule has 9 nitrogen and oxygen atoms in total. The number of pyridine rings is 1. The first-order valence-corrected chi connectivity index (χ1v) is 15.2. The largest absolute Gasteiger partial charge is 0.494 e. The van der Waals surface area contributed by atoms with Gasteiger partial charge in [-0.25, -0.2) is 13.8 Å². The number of halogens is 5. The van der Waals surface area contributed by atoms with Gasteiger partial charge in [-0.15, -0.1) is 5.10 Å². The molecule has 1 amide bonds. The molecule has 4 aromatic rings. The van der Waals surface area contributed by atoms with E-state index in [1.54, 1.807) is 19.1 Å². The zero-order valence-corrected chi connectivity index (χ0v) is 26.8. The molecule has 0 spiro atoms. The molecule has 2 aromatic heterocycles. The van der Waals surface area contributed by atoms with Crippen LogP contribution < -0.4 is 10.1 Å². The Morgan fingerprint density at radius 3 is 2.50 bits per heavy atom. The molecule has 1 aliphatic rings. The van der Waals surface area contributed by atoms with Gasteiger partial charge in [0, 0.05) is 41.5 Å². The molecule has 1 aliphatic heterocycles. The van der Waals surface area contributed by atoms with Gasteiger partial charge in [0.2, 0.25) is 0 Å². The summed E-state index contributed by atoms with van der Waals surface area (Å²) in [5.41, 5.74) is -1.81. The molecule has 1 fully saturated rings. The predicted molar refractivity (Wildman–Crippen MR) is 165 cm³/mol. The number of amides is 1. The van der Waals surface area contributed by atoms with E-state index in [1.165, 1.54) is 45.2 Å². The number of nitrogens with one attached hydrogen (secondary N) is 1. The van der Waals surface area contributed by atoms with Gasteiger partial charge < -0.3 is 24.6 Å². The number of aliphatic hydroxyl groups is 1. The van der Waals surface area contributed by atoms with Crippen molar-refractivity contribution in [3.8, 4) is 17.0 Å². The molecule has 2 atom stereocenters. The van der Waals surface area contributed by atoms with Crippen LogP contribution in [0.1, 0.15) is 60.4 Å². The lowest BCUT2D eigenvalue weighted by Crippen LogP contribution is -2.42. The Kier molecular flexibility index (Phi) is 9.99. The van der Waals surface area contributed by atoms with E-state index in [-0.39, 0.29) is 60.7 Å². The lowest BCUT2D eigenvalue weighted by atomic mass is 9.88. The quantitative estimate of drug-likeness (QED) is 0.141. The van der Waals surface area contributed by atoms with Gasteiger partial charge in [0.05, 0.1) is 43.4 Å². The first kappa shape index (κ1) is 35.0. The summed E-state index contributed by atoms with van der Waals surface area (Å²) in [6, 6.07) is 11.2. The van der Waals surface area contributed by atoms with E-state index in [4.69, 9.17) is 14.2 Å². The van der Waals surface area contributed by atoms with Crippen molar-refractivity contribution >= 4 is 16.8 Å². The first-order valence-electron chi connectivity index (χ1n) is 15.2. The van der Waals surface area contributed by atoms with Gasteiger partial charge in [-0.2, -0.15) is 18.3 Å². The zero-order chi connectivity index (χ0) is 34.9. The summed E-state index contributed by atoms with van der Waals surface area (Å²) < 4.78 is 85.3. The number of carbonyl (C=O) groups excluding carboxylic acids is 1. The fourth-order valence-corrected chi connectivity index (χ4v) is 5.61. The molecule has 0 bridgehead atoms. The second kappa shape index (κ2) is 13.7. The van der Waals surface area contributed by atoms with Crippen molar-refractivity contribution < 1.29 is 46.1 Å². The summed E-state index contributed by atoms with van der Waals surface area (Å²) in [5, 5.41) is 22.6. The van der Waals surface area contributed by atoms with Crippen LogP contribution in [0.15, 0.2) is 48.5 Å². The average Bonchev–Trinajstić information content (AvgIpc) is 3.45. The highest BCUT2D eigenvalue weighted by atomic mass is 19.4. The molecule has 14 heteroatoms. The van der Waals surface area contributed by atoms with Crippen LogP contribution in [0.2, 0.25) is 0 Å². The number of fused-ring (bicyclic) bond motifs is 1. The van der Waals surface area contributed by atoms with Gasteiger partial charge >= 0.3 is 6.18 Å².